The Kier molecular flexibility index (Phi) is 3.44. The molecule has 0 unspecified atom stereocenters. The van der Waals surface area contributed by atoms with Gasteiger partial charge in [0.1, 0.15) is 5.75 Å². The summed E-state index contributed by atoms with van der Waals surface area (Å²) >= 11 is 0. The first-order chi connectivity index (χ1) is 8.72. The van der Waals surface area contributed by atoms with Crippen molar-refractivity contribution in [2.45, 2.75) is 0 Å². The normalized spacial score (nSPS) is 9.78. The Morgan fingerprint density at radius 2 is 1.78 bits per heavy atom. The minimum atomic E-state index is -0.271. The number of hydrogen-bond acceptors (Lipinski definition) is 2. The molecule has 0 aromatic heterocycles. The molecule has 0 atom stereocenters. The van der Waals surface area contributed by atoms with Gasteiger partial charge in [0.15, 0.2) is 0 Å². The number of para-hydroxylation sites is 2. The van der Waals surface area contributed by atoms with Gasteiger partial charge >= 0.3 is 0 Å². The fraction of sp³-hybridized carbons (Fsp3) is 0. The van der Waals surface area contributed by atoms with Crippen molar-refractivity contribution in [1.29, 1.82) is 0 Å². The number of hydrogen-bond donors (Lipinski definition) is 2. The fourth-order valence-corrected chi connectivity index (χ4v) is 1.65. The van der Waals surface area contributed by atoms with Crippen LogP contribution in [-0.4, -0.2) is 11.0 Å². The van der Waals surface area contributed by atoms with E-state index in [4.69, 9.17) is 0 Å². The largest absolute Gasteiger partial charge is 0.506 e. The van der Waals surface area contributed by atoms with E-state index >= 15 is 0 Å². The van der Waals surface area contributed by atoms with Crippen LogP contribution in [0, 0.1) is 0 Å². The van der Waals surface area contributed by atoms with Gasteiger partial charge in [-0.05, 0) is 23.8 Å². The van der Waals surface area contributed by atoms with Crippen LogP contribution in [0.5, 0.6) is 5.75 Å². The Hall–Kier alpha value is -2.55. The van der Waals surface area contributed by atoms with Crippen molar-refractivity contribution in [3.63, 3.8) is 0 Å². The molecule has 2 aromatic rings. The molecule has 0 saturated heterocycles. The summed E-state index contributed by atoms with van der Waals surface area (Å²) in [7, 11) is 0. The summed E-state index contributed by atoms with van der Waals surface area (Å²) in [4.78, 5) is 12.1. The van der Waals surface area contributed by atoms with Gasteiger partial charge in [0, 0.05) is 5.56 Å². The van der Waals surface area contributed by atoms with E-state index in [0.717, 1.165) is 5.56 Å². The average molecular weight is 239 g/mol. The summed E-state index contributed by atoms with van der Waals surface area (Å²) in [5.74, 6) is -0.228. The number of amides is 1. The highest BCUT2D eigenvalue weighted by Gasteiger charge is 2.10. The van der Waals surface area contributed by atoms with Crippen LogP contribution in [0.3, 0.4) is 0 Å². The quantitative estimate of drug-likeness (QED) is 0.807. The Morgan fingerprint density at radius 1 is 1.11 bits per heavy atom. The van der Waals surface area contributed by atoms with E-state index in [1.54, 1.807) is 36.4 Å². The number of rotatable bonds is 3. The van der Waals surface area contributed by atoms with Gasteiger partial charge in [-0.25, -0.2) is 0 Å². The summed E-state index contributed by atoms with van der Waals surface area (Å²) in [6.07, 6.45) is 1.62. The lowest BCUT2D eigenvalue weighted by Crippen LogP contribution is -2.13. The summed E-state index contributed by atoms with van der Waals surface area (Å²) in [6.45, 7) is 3.67. The van der Waals surface area contributed by atoms with Gasteiger partial charge in [-0.15, -0.1) is 0 Å². The van der Waals surface area contributed by atoms with Crippen LogP contribution in [-0.2, 0) is 0 Å². The zero-order chi connectivity index (χ0) is 13.0. The molecule has 0 radical (unpaired) electrons. The van der Waals surface area contributed by atoms with Gasteiger partial charge in [0.05, 0.1) is 5.69 Å². The van der Waals surface area contributed by atoms with Crippen LogP contribution in [0.1, 0.15) is 15.9 Å². The molecule has 18 heavy (non-hydrogen) atoms. The molecule has 1 amide bonds. The maximum atomic E-state index is 12.1. The van der Waals surface area contributed by atoms with Gasteiger partial charge in [-0.1, -0.05) is 43.0 Å². The summed E-state index contributed by atoms with van der Waals surface area (Å²) in [5.41, 5.74) is 1.67. The summed E-state index contributed by atoms with van der Waals surface area (Å²) < 4.78 is 0. The number of anilines is 1. The molecule has 0 aliphatic rings. The monoisotopic (exact) mass is 239 g/mol. The second kappa shape index (κ2) is 5.19. The highest BCUT2D eigenvalue weighted by Crippen LogP contribution is 2.22. The molecule has 2 aromatic carbocycles. The van der Waals surface area contributed by atoms with Crippen molar-refractivity contribution in [2.24, 2.45) is 0 Å². The molecule has 0 bridgehead atoms. The molecule has 2 rings (SSSR count). The second-order valence-corrected chi connectivity index (χ2v) is 3.76. The molecule has 0 fully saturated rings. The van der Waals surface area contributed by atoms with E-state index in [2.05, 4.69) is 11.9 Å². The topological polar surface area (TPSA) is 49.3 Å². The predicted octanol–water partition coefficient (Wildman–Crippen LogP) is 3.29. The summed E-state index contributed by atoms with van der Waals surface area (Å²) in [5, 5.41) is 12.3. The highest BCUT2D eigenvalue weighted by molar-refractivity contribution is 6.07. The van der Waals surface area contributed by atoms with Gasteiger partial charge in [0.25, 0.3) is 5.91 Å². The van der Waals surface area contributed by atoms with Crippen molar-refractivity contribution in [2.75, 3.05) is 5.32 Å². The van der Waals surface area contributed by atoms with Crippen molar-refractivity contribution in [3.8, 4) is 5.75 Å². The van der Waals surface area contributed by atoms with Crippen LogP contribution >= 0.6 is 0 Å². The van der Waals surface area contributed by atoms with Gasteiger partial charge < -0.3 is 10.4 Å². The van der Waals surface area contributed by atoms with Crippen LogP contribution in [0.4, 0.5) is 5.69 Å². The van der Waals surface area contributed by atoms with E-state index in [1.165, 1.54) is 6.07 Å². The number of benzene rings is 2. The lowest BCUT2D eigenvalue weighted by Gasteiger charge is -2.08. The van der Waals surface area contributed by atoms with E-state index in [0.29, 0.717) is 11.3 Å². The molecule has 2 N–H and O–H groups in total. The summed E-state index contributed by atoms with van der Waals surface area (Å²) in [6, 6.07) is 13.8. The first kappa shape index (κ1) is 11.9. The Balaban J connectivity index is 2.28. The van der Waals surface area contributed by atoms with Crippen LogP contribution in [0.25, 0.3) is 6.08 Å². The van der Waals surface area contributed by atoms with E-state index in [1.807, 2.05) is 12.1 Å². The highest BCUT2D eigenvalue weighted by atomic mass is 16.3. The number of phenolic OH excluding ortho intramolecular Hbond substituents is 1. The minimum Gasteiger partial charge on any atom is -0.506 e. The van der Waals surface area contributed by atoms with Crippen molar-refractivity contribution in [1.82, 2.24) is 0 Å². The van der Waals surface area contributed by atoms with E-state index in [9.17, 15) is 9.90 Å². The van der Waals surface area contributed by atoms with Gasteiger partial charge in [0.2, 0.25) is 0 Å². The molecule has 0 spiro atoms. The molecule has 90 valence electrons. The smallest absolute Gasteiger partial charge is 0.256 e. The molecule has 0 saturated carbocycles. The van der Waals surface area contributed by atoms with Crippen LogP contribution in [0.15, 0.2) is 55.1 Å². The van der Waals surface area contributed by atoms with E-state index < -0.39 is 0 Å². The van der Waals surface area contributed by atoms with Crippen molar-refractivity contribution in [3.05, 3.63) is 66.2 Å². The molecule has 0 heterocycles. The zero-order valence-corrected chi connectivity index (χ0v) is 9.76. The van der Waals surface area contributed by atoms with Crippen molar-refractivity contribution < 1.29 is 9.90 Å². The van der Waals surface area contributed by atoms with Crippen LogP contribution < -0.4 is 5.32 Å². The predicted molar refractivity (Wildman–Crippen MR) is 72.6 cm³/mol. The number of aromatic hydroxyl groups is 1. The molecule has 0 aliphatic carbocycles. The Bertz CT molecular complexity index is 591. The average Bonchev–Trinajstić information content (AvgIpc) is 2.41. The lowest BCUT2D eigenvalue weighted by atomic mass is 10.1. The third-order valence-corrected chi connectivity index (χ3v) is 2.58. The van der Waals surface area contributed by atoms with Crippen molar-refractivity contribution >= 4 is 17.7 Å². The maximum absolute atomic E-state index is 12.1. The number of nitrogens with one attached hydrogen (secondary N) is 1. The number of carbonyl (C=O) groups excluding carboxylic acids is 1. The second-order valence-electron chi connectivity index (χ2n) is 3.76. The van der Waals surface area contributed by atoms with E-state index in [-0.39, 0.29) is 11.7 Å². The standard InChI is InChI=1S/C15H13NO2/c1-2-11-7-3-4-8-12(11)15(18)16-13-9-5-6-10-14(13)17/h2-10,17H,1H2,(H,16,18). The number of carbonyl (C=O) groups is 1. The zero-order valence-electron chi connectivity index (χ0n) is 9.76. The Labute approximate surface area is 105 Å². The first-order valence-corrected chi connectivity index (χ1v) is 5.53. The molecular weight excluding hydrogens is 226 g/mol. The van der Waals surface area contributed by atoms with Crippen LogP contribution in [0.2, 0.25) is 0 Å². The van der Waals surface area contributed by atoms with Gasteiger partial charge in [-0.3, -0.25) is 4.79 Å². The molecule has 3 nitrogen and oxygen atoms in total. The SMILES string of the molecule is C=Cc1ccccc1C(=O)Nc1ccccc1O. The minimum absolute atomic E-state index is 0.0435. The maximum Gasteiger partial charge on any atom is 0.256 e. The Morgan fingerprint density at radius 3 is 2.50 bits per heavy atom. The first-order valence-electron chi connectivity index (χ1n) is 5.53. The fourth-order valence-electron chi connectivity index (χ4n) is 1.65. The molecular formula is C15H13NO2. The number of phenols is 1. The lowest BCUT2D eigenvalue weighted by molar-refractivity contribution is 0.102. The molecule has 3 heteroatoms. The molecule has 0 aliphatic heterocycles. The third kappa shape index (κ3) is 2.40. The third-order valence-electron chi connectivity index (χ3n) is 2.58. The van der Waals surface area contributed by atoms with Gasteiger partial charge in [-0.2, -0.15) is 0 Å².